The van der Waals surface area contributed by atoms with Crippen LogP contribution < -0.4 is 5.32 Å². The molecule has 1 N–H and O–H groups in total. The first kappa shape index (κ1) is 17.3. The van der Waals surface area contributed by atoms with Crippen LogP contribution in [0.5, 0.6) is 0 Å². The minimum Gasteiger partial charge on any atom is -0.337 e. The van der Waals surface area contributed by atoms with Gasteiger partial charge in [-0.1, -0.05) is 11.3 Å². The van der Waals surface area contributed by atoms with Crippen LogP contribution in [0, 0.1) is 13.8 Å². The highest BCUT2D eigenvalue weighted by Gasteiger charge is 2.28. The first-order valence-corrected chi connectivity index (χ1v) is 8.69. The highest BCUT2D eigenvalue weighted by molar-refractivity contribution is 7.16. The van der Waals surface area contributed by atoms with E-state index in [2.05, 4.69) is 43.8 Å². The normalized spacial score (nSPS) is 18.9. The van der Waals surface area contributed by atoms with Crippen molar-refractivity contribution in [3.05, 3.63) is 34.6 Å². The molecule has 24 heavy (non-hydrogen) atoms. The van der Waals surface area contributed by atoms with Crippen LogP contribution in [-0.4, -0.2) is 48.7 Å². The molecule has 0 bridgehead atoms. The molecule has 4 heterocycles. The van der Waals surface area contributed by atoms with Crippen LogP contribution >= 0.6 is 23.7 Å². The van der Waals surface area contributed by atoms with Crippen molar-refractivity contribution in [2.45, 2.75) is 26.4 Å². The Morgan fingerprint density at radius 3 is 2.96 bits per heavy atom. The highest BCUT2D eigenvalue weighted by Crippen LogP contribution is 2.25. The number of nitrogens with one attached hydrogen (secondary N) is 1. The van der Waals surface area contributed by atoms with Gasteiger partial charge in [0, 0.05) is 45.6 Å². The second-order valence-corrected chi connectivity index (χ2v) is 7.21. The summed E-state index contributed by atoms with van der Waals surface area (Å²) in [5, 5.41) is 9.15. The van der Waals surface area contributed by atoms with Crippen LogP contribution in [0.4, 0.5) is 0 Å². The average Bonchev–Trinajstić information content (AvgIpc) is 3.17. The number of rotatable bonds is 3. The third kappa shape index (κ3) is 2.95. The third-order valence-corrected chi connectivity index (χ3v) is 5.29. The summed E-state index contributed by atoms with van der Waals surface area (Å²) in [4.78, 5) is 12.7. The molecule has 9 heteroatoms. The summed E-state index contributed by atoms with van der Waals surface area (Å²) in [7, 11) is 2.06. The topological polar surface area (TPSA) is 63.3 Å². The lowest BCUT2D eigenvalue weighted by Crippen LogP contribution is -2.46. The maximum atomic E-state index is 4.66. The van der Waals surface area contributed by atoms with E-state index in [4.69, 9.17) is 0 Å². The van der Waals surface area contributed by atoms with E-state index in [1.165, 1.54) is 5.69 Å². The van der Waals surface area contributed by atoms with Gasteiger partial charge in [0.1, 0.15) is 10.8 Å². The van der Waals surface area contributed by atoms with Gasteiger partial charge >= 0.3 is 0 Å². The molecule has 4 rings (SSSR count). The van der Waals surface area contributed by atoms with Gasteiger partial charge in [0.25, 0.3) is 0 Å². The molecule has 0 saturated carbocycles. The van der Waals surface area contributed by atoms with Crippen molar-refractivity contribution in [3.63, 3.8) is 0 Å². The van der Waals surface area contributed by atoms with Crippen LogP contribution in [0.3, 0.4) is 0 Å². The predicted molar refractivity (Wildman–Crippen MR) is 96.8 cm³/mol. The summed E-state index contributed by atoms with van der Waals surface area (Å²) in [5.74, 6) is 1.10. The molecule has 130 valence electrons. The Balaban J connectivity index is 0.00000169. The van der Waals surface area contributed by atoms with Crippen molar-refractivity contribution in [1.82, 2.24) is 34.4 Å². The van der Waals surface area contributed by atoms with Gasteiger partial charge in [0.05, 0.1) is 17.4 Å². The maximum absolute atomic E-state index is 4.66. The fourth-order valence-electron chi connectivity index (χ4n) is 3.25. The monoisotopic (exact) mass is 367 g/mol. The Morgan fingerprint density at radius 1 is 1.38 bits per heavy atom. The van der Waals surface area contributed by atoms with Gasteiger partial charge in [-0.05, 0) is 13.8 Å². The Hall–Kier alpha value is -1.48. The smallest absolute Gasteiger partial charge is 0.212 e. The van der Waals surface area contributed by atoms with Gasteiger partial charge in [0.2, 0.25) is 4.96 Å². The van der Waals surface area contributed by atoms with Crippen molar-refractivity contribution < 1.29 is 0 Å². The SMILES string of the molecule is Cc1nn2c(CN3CCNCC3c3nccn3C)c(C)nc2s1.Cl. The largest absolute Gasteiger partial charge is 0.337 e. The Kier molecular flexibility index (Phi) is 4.91. The Labute approximate surface area is 151 Å². The Morgan fingerprint density at radius 2 is 2.21 bits per heavy atom. The lowest BCUT2D eigenvalue weighted by atomic mass is 10.1. The molecule has 0 amide bonds. The maximum Gasteiger partial charge on any atom is 0.212 e. The molecule has 3 aromatic rings. The van der Waals surface area contributed by atoms with Crippen LogP contribution in [0.1, 0.15) is 28.3 Å². The molecule has 3 aromatic heterocycles. The molecule has 0 spiro atoms. The lowest BCUT2D eigenvalue weighted by Gasteiger charge is -2.35. The molecule has 7 nitrogen and oxygen atoms in total. The molecule has 0 aliphatic carbocycles. The first-order chi connectivity index (χ1) is 11.1. The van der Waals surface area contributed by atoms with E-state index >= 15 is 0 Å². The number of hydrogen-bond acceptors (Lipinski definition) is 6. The summed E-state index contributed by atoms with van der Waals surface area (Å²) in [6.07, 6.45) is 3.88. The number of fused-ring (bicyclic) bond motifs is 1. The van der Waals surface area contributed by atoms with Crippen LogP contribution in [-0.2, 0) is 13.6 Å². The predicted octanol–water partition coefficient (Wildman–Crippen LogP) is 1.71. The summed E-state index contributed by atoms with van der Waals surface area (Å²) < 4.78 is 4.11. The summed E-state index contributed by atoms with van der Waals surface area (Å²) in [6, 6.07) is 0.272. The molecular weight excluding hydrogens is 346 g/mol. The van der Waals surface area contributed by atoms with Crippen molar-refractivity contribution in [1.29, 1.82) is 0 Å². The van der Waals surface area contributed by atoms with E-state index < -0.39 is 0 Å². The second-order valence-electron chi connectivity index (χ2n) is 6.05. The van der Waals surface area contributed by atoms with E-state index in [-0.39, 0.29) is 18.4 Å². The Bertz CT molecular complexity index is 836. The molecule has 1 unspecified atom stereocenters. The minimum atomic E-state index is 0. The number of halogens is 1. The number of aromatic nitrogens is 5. The number of piperazine rings is 1. The number of nitrogens with zero attached hydrogens (tertiary/aromatic N) is 6. The minimum absolute atomic E-state index is 0. The number of imidazole rings is 2. The van der Waals surface area contributed by atoms with Gasteiger partial charge in [0.15, 0.2) is 0 Å². The average molecular weight is 368 g/mol. The van der Waals surface area contributed by atoms with Gasteiger partial charge in [-0.2, -0.15) is 5.10 Å². The summed E-state index contributed by atoms with van der Waals surface area (Å²) in [5.41, 5.74) is 2.26. The van der Waals surface area contributed by atoms with Gasteiger partial charge in [-0.15, -0.1) is 12.4 Å². The molecule has 0 radical (unpaired) electrons. The van der Waals surface area contributed by atoms with Crippen LogP contribution in [0.2, 0.25) is 0 Å². The fraction of sp³-hybridized carbons (Fsp3) is 0.533. The standard InChI is InChI=1S/C15H21N7S.ClH/c1-10-13(22-15(18-10)23-11(2)19-22)9-21-7-4-16-8-12(21)14-17-5-6-20(14)3;/h5-6,12,16H,4,7-9H2,1-3H3;1H. The molecule has 1 fully saturated rings. The lowest BCUT2D eigenvalue weighted by molar-refractivity contribution is 0.142. The first-order valence-electron chi connectivity index (χ1n) is 7.87. The van der Waals surface area contributed by atoms with E-state index in [1.807, 2.05) is 23.8 Å². The van der Waals surface area contributed by atoms with E-state index in [9.17, 15) is 0 Å². The number of hydrogen-bond donors (Lipinski definition) is 1. The zero-order valence-electron chi connectivity index (χ0n) is 14.1. The molecule has 0 aromatic carbocycles. The van der Waals surface area contributed by atoms with Gasteiger partial charge in [-0.3, -0.25) is 4.90 Å². The van der Waals surface area contributed by atoms with Gasteiger partial charge in [-0.25, -0.2) is 14.5 Å². The number of aryl methyl sites for hydroxylation is 3. The molecule has 1 atom stereocenters. The molecule has 1 aliphatic heterocycles. The third-order valence-electron chi connectivity index (χ3n) is 4.46. The summed E-state index contributed by atoms with van der Waals surface area (Å²) >= 11 is 1.64. The highest BCUT2D eigenvalue weighted by atomic mass is 35.5. The van der Waals surface area contributed by atoms with Crippen molar-refractivity contribution >= 4 is 28.7 Å². The zero-order valence-corrected chi connectivity index (χ0v) is 15.7. The fourth-order valence-corrected chi connectivity index (χ4v) is 4.06. The van der Waals surface area contributed by atoms with Crippen molar-refractivity contribution in [3.8, 4) is 0 Å². The van der Waals surface area contributed by atoms with Gasteiger partial charge < -0.3 is 9.88 Å². The van der Waals surface area contributed by atoms with E-state index in [1.54, 1.807) is 11.3 Å². The quantitative estimate of drug-likeness (QED) is 0.763. The second kappa shape index (κ2) is 6.79. The van der Waals surface area contributed by atoms with Crippen molar-refractivity contribution in [2.24, 2.45) is 7.05 Å². The summed E-state index contributed by atoms with van der Waals surface area (Å²) in [6.45, 7) is 7.85. The van der Waals surface area contributed by atoms with E-state index in [0.717, 1.165) is 47.7 Å². The van der Waals surface area contributed by atoms with Crippen molar-refractivity contribution in [2.75, 3.05) is 19.6 Å². The van der Waals surface area contributed by atoms with Crippen LogP contribution in [0.25, 0.3) is 4.96 Å². The molecule has 1 saturated heterocycles. The van der Waals surface area contributed by atoms with E-state index in [0.29, 0.717) is 0 Å². The zero-order chi connectivity index (χ0) is 16.0. The molecule has 1 aliphatic rings. The van der Waals surface area contributed by atoms with Crippen LogP contribution in [0.15, 0.2) is 12.4 Å². The molecular formula is C15H22ClN7S.